The third-order valence-corrected chi connectivity index (χ3v) is 5.55. The van der Waals surface area contributed by atoms with Crippen LogP contribution >= 0.6 is 0 Å². The molecular formula is C23H25FN6O. The van der Waals surface area contributed by atoms with Crippen molar-refractivity contribution < 1.29 is 9.18 Å². The number of hydrogen-bond acceptors (Lipinski definition) is 4. The fourth-order valence-electron chi connectivity index (χ4n) is 3.89. The van der Waals surface area contributed by atoms with Crippen LogP contribution in [0.1, 0.15) is 39.9 Å². The zero-order chi connectivity index (χ0) is 22.3. The maximum absolute atomic E-state index is 14.3. The Morgan fingerprint density at radius 1 is 1.19 bits per heavy atom. The highest BCUT2D eigenvalue weighted by molar-refractivity contribution is 6.05. The van der Waals surface area contributed by atoms with Gasteiger partial charge in [-0.1, -0.05) is 12.1 Å². The second kappa shape index (κ2) is 7.94. The Morgan fingerprint density at radius 3 is 2.61 bits per heavy atom. The summed E-state index contributed by atoms with van der Waals surface area (Å²) in [5.74, 6) is -0.550. The van der Waals surface area contributed by atoms with E-state index in [2.05, 4.69) is 15.2 Å². The smallest absolute Gasteiger partial charge is 0.254 e. The van der Waals surface area contributed by atoms with Gasteiger partial charge in [0.2, 0.25) is 0 Å². The maximum Gasteiger partial charge on any atom is 0.254 e. The molecule has 7 nitrogen and oxygen atoms in total. The monoisotopic (exact) mass is 420 g/mol. The number of aryl methyl sites for hydroxylation is 3. The Morgan fingerprint density at radius 2 is 1.94 bits per heavy atom. The third kappa shape index (κ3) is 3.58. The van der Waals surface area contributed by atoms with Crippen molar-refractivity contribution in [2.75, 3.05) is 7.05 Å². The van der Waals surface area contributed by atoms with Gasteiger partial charge in [-0.15, -0.1) is 0 Å². The molecule has 0 saturated carbocycles. The quantitative estimate of drug-likeness (QED) is 0.490. The van der Waals surface area contributed by atoms with Gasteiger partial charge in [-0.25, -0.2) is 14.1 Å². The van der Waals surface area contributed by atoms with E-state index in [9.17, 15) is 9.18 Å². The number of hydrogen-bond donors (Lipinski definition) is 0. The van der Waals surface area contributed by atoms with Gasteiger partial charge in [-0.2, -0.15) is 10.2 Å². The van der Waals surface area contributed by atoms with Gasteiger partial charge in [-0.3, -0.25) is 9.48 Å². The van der Waals surface area contributed by atoms with Crippen LogP contribution in [-0.2, 0) is 13.1 Å². The van der Waals surface area contributed by atoms with Crippen molar-refractivity contribution in [1.29, 1.82) is 0 Å². The molecule has 3 heterocycles. The second-order valence-electron chi connectivity index (χ2n) is 7.68. The molecule has 4 aromatic rings. The van der Waals surface area contributed by atoms with Crippen molar-refractivity contribution in [3.05, 3.63) is 70.6 Å². The standard InChI is InChI=1S/C23H25FN6O/c1-6-29-16(4)19(15(3)27-29)13-28(5)23(31)17-11-14(2)26-22-18(17)12-25-30(22)21-10-8-7-9-20(21)24/h7-12H,6,13H2,1-5H3. The molecular weight excluding hydrogens is 395 g/mol. The molecule has 31 heavy (non-hydrogen) atoms. The van der Waals surface area contributed by atoms with Crippen molar-refractivity contribution in [2.24, 2.45) is 0 Å². The summed E-state index contributed by atoms with van der Waals surface area (Å²) >= 11 is 0. The molecule has 0 unspecified atom stereocenters. The average molecular weight is 420 g/mol. The predicted octanol–water partition coefficient (Wildman–Crippen LogP) is 3.97. The fourth-order valence-corrected chi connectivity index (χ4v) is 3.89. The minimum Gasteiger partial charge on any atom is -0.337 e. The van der Waals surface area contributed by atoms with Crippen molar-refractivity contribution in [3.63, 3.8) is 0 Å². The SMILES string of the molecule is CCn1nc(C)c(CN(C)C(=O)c2cc(C)nc3c2cnn3-c2ccccc2F)c1C. The van der Waals surface area contributed by atoms with Crippen molar-refractivity contribution in [2.45, 2.75) is 40.8 Å². The van der Waals surface area contributed by atoms with Gasteiger partial charge >= 0.3 is 0 Å². The number of aromatic nitrogens is 5. The third-order valence-electron chi connectivity index (χ3n) is 5.55. The number of carbonyl (C=O) groups excluding carboxylic acids is 1. The highest BCUT2D eigenvalue weighted by Gasteiger charge is 2.22. The molecule has 0 aliphatic rings. The first-order chi connectivity index (χ1) is 14.8. The van der Waals surface area contributed by atoms with E-state index in [1.54, 1.807) is 42.4 Å². The number of amides is 1. The van der Waals surface area contributed by atoms with Crippen LogP contribution in [0.5, 0.6) is 0 Å². The summed E-state index contributed by atoms with van der Waals surface area (Å²) in [5, 5.41) is 9.46. The van der Waals surface area contributed by atoms with Gasteiger partial charge in [0, 0.05) is 37.1 Å². The van der Waals surface area contributed by atoms with Crippen LogP contribution in [0.3, 0.4) is 0 Å². The van der Waals surface area contributed by atoms with E-state index in [1.807, 2.05) is 32.4 Å². The van der Waals surface area contributed by atoms with E-state index in [4.69, 9.17) is 0 Å². The van der Waals surface area contributed by atoms with Crippen LogP contribution in [0.25, 0.3) is 16.7 Å². The van der Waals surface area contributed by atoms with E-state index in [1.165, 1.54) is 10.7 Å². The van der Waals surface area contributed by atoms with E-state index in [0.29, 0.717) is 34.5 Å². The molecule has 0 aliphatic carbocycles. The highest BCUT2D eigenvalue weighted by atomic mass is 19.1. The van der Waals surface area contributed by atoms with Gasteiger partial charge in [0.15, 0.2) is 5.65 Å². The molecule has 8 heteroatoms. The fraction of sp³-hybridized carbons (Fsp3) is 0.304. The van der Waals surface area contributed by atoms with Gasteiger partial charge in [0.1, 0.15) is 11.5 Å². The summed E-state index contributed by atoms with van der Waals surface area (Å²) in [4.78, 5) is 19.6. The number of carbonyl (C=O) groups is 1. The van der Waals surface area contributed by atoms with E-state index < -0.39 is 5.82 Å². The number of nitrogens with zero attached hydrogens (tertiary/aromatic N) is 6. The van der Waals surface area contributed by atoms with E-state index >= 15 is 0 Å². The maximum atomic E-state index is 14.3. The van der Waals surface area contributed by atoms with Crippen molar-refractivity contribution in [1.82, 2.24) is 29.4 Å². The first-order valence-electron chi connectivity index (χ1n) is 10.2. The van der Waals surface area contributed by atoms with Gasteiger partial charge in [-0.05, 0) is 45.9 Å². The Bertz CT molecular complexity index is 1290. The Hall–Kier alpha value is -3.55. The lowest BCUT2D eigenvalue weighted by Gasteiger charge is -2.18. The lowest BCUT2D eigenvalue weighted by atomic mass is 10.1. The topological polar surface area (TPSA) is 68.8 Å². The summed E-state index contributed by atoms with van der Waals surface area (Å²) in [6.45, 7) is 9.06. The number of para-hydroxylation sites is 1. The number of fused-ring (bicyclic) bond motifs is 1. The number of rotatable bonds is 5. The molecule has 0 saturated heterocycles. The second-order valence-corrected chi connectivity index (χ2v) is 7.68. The van der Waals surface area contributed by atoms with E-state index in [-0.39, 0.29) is 5.91 Å². The molecule has 4 rings (SSSR count). The molecule has 0 atom stereocenters. The summed E-state index contributed by atoms with van der Waals surface area (Å²) in [6, 6.07) is 8.13. The Kier molecular flexibility index (Phi) is 5.31. The van der Waals surface area contributed by atoms with Crippen LogP contribution in [-0.4, -0.2) is 42.4 Å². The molecule has 0 aliphatic heterocycles. The summed E-state index contributed by atoms with van der Waals surface area (Å²) in [7, 11) is 1.77. The molecule has 0 N–H and O–H groups in total. The Balaban J connectivity index is 1.73. The van der Waals surface area contributed by atoms with Crippen LogP contribution in [0.4, 0.5) is 4.39 Å². The summed E-state index contributed by atoms with van der Waals surface area (Å²) < 4.78 is 17.7. The van der Waals surface area contributed by atoms with Gasteiger partial charge in [0.25, 0.3) is 5.91 Å². The first kappa shape index (κ1) is 20.7. The minimum atomic E-state index is -0.403. The largest absolute Gasteiger partial charge is 0.337 e. The van der Waals surface area contributed by atoms with Crippen LogP contribution in [0.2, 0.25) is 0 Å². The van der Waals surface area contributed by atoms with Gasteiger partial charge < -0.3 is 4.90 Å². The summed E-state index contributed by atoms with van der Waals surface area (Å²) in [6.07, 6.45) is 1.57. The zero-order valence-electron chi connectivity index (χ0n) is 18.3. The normalized spacial score (nSPS) is 11.3. The highest BCUT2D eigenvalue weighted by Crippen LogP contribution is 2.24. The minimum absolute atomic E-state index is 0.147. The summed E-state index contributed by atoms with van der Waals surface area (Å²) in [5.41, 5.74) is 4.92. The molecule has 1 aromatic carbocycles. The van der Waals surface area contributed by atoms with Crippen molar-refractivity contribution in [3.8, 4) is 5.69 Å². The molecule has 0 spiro atoms. The predicted molar refractivity (Wildman–Crippen MR) is 117 cm³/mol. The van der Waals surface area contributed by atoms with Crippen LogP contribution in [0, 0.1) is 26.6 Å². The molecule has 0 bridgehead atoms. The first-order valence-corrected chi connectivity index (χ1v) is 10.2. The van der Waals surface area contributed by atoms with Crippen LogP contribution in [0.15, 0.2) is 36.5 Å². The Labute approximate surface area is 180 Å². The molecule has 3 aromatic heterocycles. The number of halogens is 1. The average Bonchev–Trinajstić information content (AvgIpc) is 3.28. The van der Waals surface area contributed by atoms with Crippen LogP contribution < -0.4 is 0 Å². The zero-order valence-corrected chi connectivity index (χ0v) is 18.3. The van der Waals surface area contributed by atoms with Gasteiger partial charge in [0.05, 0.1) is 22.8 Å². The molecule has 0 radical (unpaired) electrons. The van der Waals surface area contributed by atoms with Crippen molar-refractivity contribution >= 4 is 16.9 Å². The number of benzene rings is 1. The lowest BCUT2D eigenvalue weighted by Crippen LogP contribution is -2.27. The molecule has 0 fully saturated rings. The van der Waals surface area contributed by atoms with E-state index in [0.717, 1.165) is 23.5 Å². The lowest BCUT2D eigenvalue weighted by molar-refractivity contribution is 0.0786. The molecule has 1 amide bonds. The number of pyridine rings is 1. The molecule has 160 valence electrons.